The minimum atomic E-state index is -0.441. The molecule has 80 valence electrons. The molecule has 0 amide bonds. The van der Waals surface area contributed by atoms with Gasteiger partial charge < -0.3 is 0 Å². The Morgan fingerprint density at radius 3 is 2.69 bits per heavy atom. The van der Waals surface area contributed by atoms with Crippen molar-refractivity contribution in [3.63, 3.8) is 0 Å². The molecule has 0 aliphatic carbocycles. The molecule has 0 atom stereocenters. The average molecular weight is 233 g/mol. The number of hydrogen-bond donors (Lipinski definition) is 0. The first kappa shape index (κ1) is 10.5. The van der Waals surface area contributed by atoms with Gasteiger partial charge in [0.1, 0.15) is 0 Å². The lowest BCUT2D eigenvalue weighted by Gasteiger charge is -2.00. The van der Waals surface area contributed by atoms with Crippen LogP contribution in [0, 0.1) is 10.1 Å². The summed E-state index contributed by atoms with van der Waals surface area (Å²) < 4.78 is 0. The second-order valence-electron chi connectivity index (χ2n) is 3.10. The minimum Gasteiger partial charge on any atom is -0.298 e. The van der Waals surface area contributed by atoms with Gasteiger partial charge in [0.05, 0.1) is 15.4 Å². The van der Waals surface area contributed by atoms with Crippen LogP contribution in [0.5, 0.6) is 0 Å². The third-order valence-corrected chi connectivity index (χ3v) is 3.13. The molecule has 0 saturated heterocycles. The molecule has 1 aromatic carbocycles. The summed E-state index contributed by atoms with van der Waals surface area (Å²) in [5.74, 6) is 0. The standard InChI is InChI=1S/C11H7NO3S/c13-7-8-5-6-16-11(8)9-3-1-2-4-10(9)12(14)15/h1-7H. The van der Waals surface area contributed by atoms with Crippen LogP contribution in [0.4, 0.5) is 5.69 Å². The molecule has 0 aliphatic heterocycles. The molecule has 5 heteroatoms. The molecule has 0 N–H and O–H groups in total. The third-order valence-electron chi connectivity index (χ3n) is 2.17. The van der Waals surface area contributed by atoms with E-state index in [-0.39, 0.29) is 5.69 Å². The minimum absolute atomic E-state index is 0.0213. The lowest BCUT2D eigenvalue weighted by Crippen LogP contribution is -1.91. The highest BCUT2D eigenvalue weighted by Crippen LogP contribution is 2.34. The van der Waals surface area contributed by atoms with E-state index >= 15 is 0 Å². The number of hydrogen-bond acceptors (Lipinski definition) is 4. The summed E-state index contributed by atoms with van der Waals surface area (Å²) in [5.41, 5.74) is 0.997. The molecular weight excluding hydrogens is 226 g/mol. The summed E-state index contributed by atoms with van der Waals surface area (Å²) in [5, 5.41) is 12.6. The normalized spacial score (nSPS) is 10.0. The summed E-state index contributed by atoms with van der Waals surface area (Å²) in [6.45, 7) is 0. The van der Waals surface area contributed by atoms with Gasteiger partial charge in [0, 0.05) is 11.6 Å². The lowest BCUT2D eigenvalue weighted by molar-refractivity contribution is -0.384. The summed E-state index contributed by atoms with van der Waals surface area (Å²) in [6.07, 6.45) is 0.711. The van der Waals surface area contributed by atoms with Crippen molar-refractivity contribution >= 4 is 23.3 Å². The third kappa shape index (κ3) is 1.72. The van der Waals surface area contributed by atoms with E-state index in [1.54, 1.807) is 29.6 Å². The number of thiophene rings is 1. The topological polar surface area (TPSA) is 60.2 Å². The molecule has 0 radical (unpaired) electrons. The Labute approximate surface area is 95.3 Å². The summed E-state index contributed by atoms with van der Waals surface area (Å²) in [4.78, 5) is 21.8. The van der Waals surface area contributed by atoms with Gasteiger partial charge in [-0.05, 0) is 17.5 Å². The summed E-state index contributed by atoms with van der Waals surface area (Å²) >= 11 is 1.32. The molecule has 1 aromatic heterocycles. The van der Waals surface area contributed by atoms with Crippen molar-refractivity contribution < 1.29 is 9.72 Å². The van der Waals surface area contributed by atoms with Gasteiger partial charge in [0.15, 0.2) is 6.29 Å². The van der Waals surface area contributed by atoms with Gasteiger partial charge in [-0.15, -0.1) is 11.3 Å². The number of carbonyl (C=O) groups excluding carboxylic acids is 1. The van der Waals surface area contributed by atoms with Gasteiger partial charge in [-0.3, -0.25) is 14.9 Å². The molecule has 2 rings (SSSR count). The van der Waals surface area contributed by atoms with Gasteiger partial charge in [-0.1, -0.05) is 12.1 Å². The van der Waals surface area contributed by atoms with Crippen LogP contribution >= 0.6 is 11.3 Å². The van der Waals surface area contributed by atoms with Gasteiger partial charge in [-0.25, -0.2) is 0 Å². The summed E-state index contributed by atoms with van der Waals surface area (Å²) in [6, 6.07) is 8.07. The zero-order valence-corrected chi connectivity index (χ0v) is 8.94. The molecule has 0 fully saturated rings. The van der Waals surface area contributed by atoms with Crippen molar-refractivity contribution in [2.45, 2.75) is 0 Å². The van der Waals surface area contributed by atoms with E-state index in [9.17, 15) is 14.9 Å². The summed E-state index contributed by atoms with van der Waals surface area (Å²) in [7, 11) is 0. The molecular formula is C11H7NO3S. The van der Waals surface area contributed by atoms with Crippen molar-refractivity contribution in [3.8, 4) is 10.4 Å². The van der Waals surface area contributed by atoms with E-state index < -0.39 is 4.92 Å². The fraction of sp³-hybridized carbons (Fsp3) is 0. The molecule has 16 heavy (non-hydrogen) atoms. The highest BCUT2D eigenvalue weighted by atomic mass is 32.1. The number of rotatable bonds is 3. The fourth-order valence-corrected chi connectivity index (χ4v) is 2.36. The van der Waals surface area contributed by atoms with Crippen molar-refractivity contribution in [1.29, 1.82) is 0 Å². The van der Waals surface area contributed by atoms with Crippen LogP contribution in [0.2, 0.25) is 0 Å². The van der Waals surface area contributed by atoms with Crippen LogP contribution in [0.1, 0.15) is 10.4 Å². The zero-order valence-electron chi connectivity index (χ0n) is 8.12. The predicted octanol–water partition coefficient (Wildman–Crippen LogP) is 3.14. The van der Waals surface area contributed by atoms with Crippen LogP contribution in [-0.4, -0.2) is 11.2 Å². The van der Waals surface area contributed by atoms with Crippen molar-refractivity contribution in [2.24, 2.45) is 0 Å². The Morgan fingerprint density at radius 2 is 2.00 bits per heavy atom. The maximum atomic E-state index is 10.8. The van der Waals surface area contributed by atoms with Crippen molar-refractivity contribution in [2.75, 3.05) is 0 Å². The number of nitro benzene ring substituents is 1. The number of benzene rings is 1. The Hall–Kier alpha value is -2.01. The molecule has 0 aliphatic rings. The molecule has 0 unspecified atom stereocenters. The SMILES string of the molecule is O=Cc1ccsc1-c1ccccc1[N+](=O)[O-]. The van der Waals surface area contributed by atoms with Gasteiger partial charge in [0.25, 0.3) is 5.69 Å². The van der Waals surface area contributed by atoms with E-state index in [1.165, 1.54) is 17.4 Å². The van der Waals surface area contributed by atoms with Crippen LogP contribution in [0.3, 0.4) is 0 Å². The van der Waals surface area contributed by atoms with Crippen LogP contribution in [0.15, 0.2) is 35.7 Å². The number of aldehydes is 1. The largest absolute Gasteiger partial charge is 0.298 e. The van der Waals surface area contributed by atoms with Gasteiger partial charge in [0.2, 0.25) is 0 Å². The molecule has 4 nitrogen and oxygen atoms in total. The molecule has 0 bridgehead atoms. The van der Waals surface area contributed by atoms with Crippen LogP contribution in [-0.2, 0) is 0 Å². The first-order chi connectivity index (χ1) is 7.74. The predicted molar refractivity (Wildman–Crippen MR) is 61.8 cm³/mol. The first-order valence-corrected chi connectivity index (χ1v) is 5.38. The second-order valence-corrected chi connectivity index (χ2v) is 4.01. The van der Waals surface area contributed by atoms with E-state index in [4.69, 9.17) is 0 Å². The van der Waals surface area contributed by atoms with Crippen molar-refractivity contribution in [3.05, 3.63) is 51.4 Å². The van der Waals surface area contributed by atoms with E-state index in [1.807, 2.05) is 0 Å². The Morgan fingerprint density at radius 1 is 1.25 bits per heavy atom. The van der Waals surface area contributed by atoms with Crippen molar-refractivity contribution in [1.82, 2.24) is 0 Å². The number of nitrogens with zero attached hydrogens (tertiary/aromatic N) is 1. The first-order valence-electron chi connectivity index (χ1n) is 4.50. The fourth-order valence-electron chi connectivity index (χ4n) is 1.46. The monoisotopic (exact) mass is 233 g/mol. The Balaban J connectivity index is 2.64. The maximum absolute atomic E-state index is 10.8. The van der Waals surface area contributed by atoms with Gasteiger partial charge in [-0.2, -0.15) is 0 Å². The van der Waals surface area contributed by atoms with Crippen LogP contribution in [0.25, 0.3) is 10.4 Å². The smallest absolute Gasteiger partial charge is 0.278 e. The Kier molecular flexibility index (Phi) is 2.78. The molecule has 2 aromatic rings. The molecule has 0 spiro atoms. The van der Waals surface area contributed by atoms with E-state index in [2.05, 4.69) is 0 Å². The highest BCUT2D eigenvalue weighted by molar-refractivity contribution is 7.14. The zero-order chi connectivity index (χ0) is 11.5. The Bertz CT molecular complexity index is 548. The van der Waals surface area contributed by atoms with E-state index in [0.717, 1.165) is 0 Å². The number of nitro groups is 1. The quantitative estimate of drug-likeness (QED) is 0.465. The number of carbonyl (C=O) groups is 1. The average Bonchev–Trinajstić information content (AvgIpc) is 2.76. The maximum Gasteiger partial charge on any atom is 0.278 e. The van der Waals surface area contributed by atoms with E-state index in [0.29, 0.717) is 22.3 Å². The lowest BCUT2D eigenvalue weighted by atomic mass is 10.1. The highest BCUT2D eigenvalue weighted by Gasteiger charge is 2.17. The molecule has 0 saturated carbocycles. The molecule has 1 heterocycles. The van der Waals surface area contributed by atoms with Crippen LogP contribution < -0.4 is 0 Å². The second kappa shape index (κ2) is 4.24. The number of para-hydroxylation sites is 1. The van der Waals surface area contributed by atoms with Gasteiger partial charge >= 0.3 is 0 Å².